The van der Waals surface area contributed by atoms with Crippen LogP contribution in [0.2, 0.25) is 0 Å². The molecular formula is C12H12F2NO. The lowest BCUT2D eigenvalue weighted by atomic mass is 9.87. The van der Waals surface area contributed by atoms with Gasteiger partial charge < -0.3 is 4.84 Å². The van der Waals surface area contributed by atoms with Crippen molar-refractivity contribution in [1.29, 1.82) is 0 Å². The molecule has 0 atom stereocenters. The Kier molecular flexibility index (Phi) is 3.49. The van der Waals surface area contributed by atoms with Gasteiger partial charge in [0.2, 0.25) is 0 Å². The monoisotopic (exact) mass is 224 g/mol. The third kappa shape index (κ3) is 3.02. The van der Waals surface area contributed by atoms with Crippen molar-refractivity contribution < 1.29 is 13.6 Å². The molecule has 0 N–H and O–H groups in total. The summed E-state index contributed by atoms with van der Waals surface area (Å²) in [7, 11) is 0. The molecule has 0 amide bonds. The van der Waals surface area contributed by atoms with Crippen molar-refractivity contribution >= 4 is 6.21 Å². The Balaban J connectivity index is 1.81. The average Bonchev–Trinajstić information content (AvgIpc) is 2.13. The van der Waals surface area contributed by atoms with Gasteiger partial charge in [-0.1, -0.05) is 11.6 Å². The summed E-state index contributed by atoms with van der Waals surface area (Å²) in [4.78, 5) is 4.92. The van der Waals surface area contributed by atoms with Gasteiger partial charge in [-0.2, -0.15) is 0 Å². The summed E-state index contributed by atoms with van der Waals surface area (Å²) in [5.41, 5.74) is 0.427. The quantitative estimate of drug-likeness (QED) is 0.568. The molecule has 0 unspecified atom stereocenters. The normalized spacial score (nSPS) is 16.4. The fourth-order valence-corrected chi connectivity index (χ4v) is 1.45. The molecule has 2 rings (SSSR count). The van der Waals surface area contributed by atoms with E-state index in [-0.39, 0.29) is 6.61 Å². The number of nitrogens with zero attached hydrogens (tertiary/aromatic N) is 1. The molecule has 0 saturated heterocycles. The fourth-order valence-electron chi connectivity index (χ4n) is 1.45. The standard InChI is InChI=1S/C12H12F2NO/c13-11-4-10(5-12(14)6-11)8-16-15-7-9-2-1-3-9/h4-6,9H,1-3,8H2. The molecule has 0 bridgehead atoms. The van der Waals surface area contributed by atoms with E-state index in [2.05, 4.69) is 11.4 Å². The maximum Gasteiger partial charge on any atom is 0.142 e. The van der Waals surface area contributed by atoms with Gasteiger partial charge >= 0.3 is 0 Å². The van der Waals surface area contributed by atoms with Crippen molar-refractivity contribution in [3.05, 3.63) is 35.4 Å². The van der Waals surface area contributed by atoms with E-state index >= 15 is 0 Å². The van der Waals surface area contributed by atoms with Crippen LogP contribution in [-0.2, 0) is 11.4 Å². The lowest BCUT2D eigenvalue weighted by molar-refractivity contribution is 0.129. The van der Waals surface area contributed by atoms with Gasteiger partial charge in [0.15, 0.2) is 0 Å². The van der Waals surface area contributed by atoms with E-state index in [1.807, 2.05) is 0 Å². The average molecular weight is 224 g/mol. The van der Waals surface area contributed by atoms with Gasteiger partial charge in [0.25, 0.3) is 0 Å². The summed E-state index contributed by atoms with van der Waals surface area (Å²) in [5, 5.41) is 3.65. The summed E-state index contributed by atoms with van der Waals surface area (Å²) in [6.45, 7) is 0.0639. The van der Waals surface area contributed by atoms with Crippen LogP contribution >= 0.6 is 0 Å². The number of hydrogen-bond acceptors (Lipinski definition) is 2. The first-order chi connectivity index (χ1) is 7.74. The summed E-state index contributed by atoms with van der Waals surface area (Å²) in [5.74, 6) is -0.819. The Bertz CT molecular complexity index is 368. The Morgan fingerprint density at radius 1 is 1.25 bits per heavy atom. The van der Waals surface area contributed by atoms with Gasteiger partial charge in [0.1, 0.15) is 24.5 Å². The van der Waals surface area contributed by atoms with Crippen LogP contribution in [0.4, 0.5) is 8.78 Å². The van der Waals surface area contributed by atoms with Crippen LogP contribution in [0.1, 0.15) is 24.8 Å². The third-order valence-electron chi connectivity index (χ3n) is 2.56. The molecular weight excluding hydrogens is 212 g/mol. The predicted molar refractivity (Wildman–Crippen MR) is 55.9 cm³/mol. The third-order valence-corrected chi connectivity index (χ3v) is 2.56. The maximum atomic E-state index is 12.8. The van der Waals surface area contributed by atoms with Crippen LogP contribution in [0.15, 0.2) is 23.4 Å². The number of rotatable bonds is 4. The molecule has 0 spiro atoms. The largest absolute Gasteiger partial charge is 0.391 e. The molecule has 0 aliphatic heterocycles. The molecule has 1 saturated carbocycles. The highest BCUT2D eigenvalue weighted by molar-refractivity contribution is 5.60. The van der Waals surface area contributed by atoms with E-state index in [0.29, 0.717) is 11.5 Å². The first-order valence-electron chi connectivity index (χ1n) is 5.26. The Morgan fingerprint density at radius 3 is 2.50 bits per heavy atom. The summed E-state index contributed by atoms with van der Waals surface area (Å²) >= 11 is 0. The van der Waals surface area contributed by atoms with Crippen molar-refractivity contribution in [2.45, 2.75) is 25.9 Å². The van der Waals surface area contributed by atoms with Crippen molar-refractivity contribution in [3.8, 4) is 0 Å². The molecule has 0 aromatic heterocycles. The lowest BCUT2D eigenvalue weighted by Gasteiger charge is -2.18. The van der Waals surface area contributed by atoms with Gasteiger partial charge in [-0.3, -0.25) is 0 Å². The van der Waals surface area contributed by atoms with E-state index in [1.165, 1.54) is 18.6 Å². The van der Waals surface area contributed by atoms with E-state index in [0.717, 1.165) is 18.9 Å². The van der Waals surface area contributed by atoms with Crippen molar-refractivity contribution in [2.75, 3.05) is 0 Å². The summed E-state index contributed by atoms with van der Waals surface area (Å²) < 4.78 is 25.6. The summed E-state index contributed by atoms with van der Waals surface area (Å²) in [6.07, 6.45) is 6.24. The minimum atomic E-state index is -0.606. The first kappa shape index (κ1) is 11.0. The zero-order valence-electron chi connectivity index (χ0n) is 8.75. The lowest BCUT2D eigenvalue weighted by Crippen LogP contribution is -2.11. The SMILES string of the molecule is Fc1cc(F)cc(CO/N=[C]\C2CCC2)c1. The van der Waals surface area contributed by atoms with E-state index < -0.39 is 11.6 Å². The first-order valence-corrected chi connectivity index (χ1v) is 5.26. The minimum Gasteiger partial charge on any atom is -0.391 e. The zero-order valence-corrected chi connectivity index (χ0v) is 8.75. The van der Waals surface area contributed by atoms with Gasteiger partial charge in [-0.05, 0) is 30.5 Å². The van der Waals surface area contributed by atoms with Crippen LogP contribution in [0.25, 0.3) is 0 Å². The second kappa shape index (κ2) is 5.05. The van der Waals surface area contributed by atoms with E-state index in [1.54, 1.807) is 0 Å². The van der Waals surface area contributed by atoms with Gasteiger partial charge in [0, 0.05) is 12.0 Å². The highest BCUT2D eigenvalue weighted by Crippen LogP contribution is 2.24. The molecule has 1 aromatic carbocycles. The molecule has 1 aromatic rings. The molecule has 85 valence electrons. The highest BCUT2D eigenvalue weighted by atomic mass is 19.1. The molecule has 16 heavy (non-hydrogen) atoms. The smallest absolute Gasteiger partial charge is 0.142 e. The Hall–Kier alpha value is -1.45. The molecule has 1 fully saturated rings. The zero-order chi connectivity index (χ0) is 11.4. The van der Waals surface area contributed by atoms with Crippen molar-refractivity contribution in [1.82, 2.24) is 0 Å². The van der Waals surface area contributed by atoms with Gasteiger partial charge in [0.05, 0.1) is 0 Å². The second-order valence-electron chi connectivity index (χ2n) is 3.90. The number of halogens is 2. The van der Waals surface area contributed by atoms with E-state index in [9.17, 15) is 8.78 Å². The molecule has 1 aliphatic carbocycles. The van der Waals surface area contributed by atoms with Crippen LogP contribution in [0.5, 0.6) is 0 Å². The van der Waals surface area contributed by atoms with Crippen LogP contribution in [-0.4, -0.2) is 6.21 Å². The Labute approximate surface area is 92.9 Å². The molecule has 1 aliphatic rings. The van der Waals surface area contributed by atoms with Gasteiger partial charge in [-0.25, -0.2) is 8.78 Å². The molecule has 1 radical (unpaired) electrons. The van der Waals surface area contributed by atoms with Crippen LogP contribution in [0, 0.1) is 17.6 Å². The molecule has 2 nitrogen and oxygen atoms in total. The molecule has 4 heteroatoms. The number of hydrogen-bond donors (Lipinski definition) is 0. The predicted octanol–water partition coefficient (Wildman–Crippen LogP) is 3.14. The van der Waals surface area contributed by atoms with Crippen LogP contribution < -0.4 is 0 Å². The molecule has 0 heterocycles. The summed E-state index contributed by atoms with van der Waals surface area (Å²) in [6, 6.07) is 3.27. The second-order valence-corrected chi connectivity index (χ2v) is 3.90. The minimum absolute atomic E-state index is 0.0639. The highest BCUT2D eigenvalue weighted by Gasteiger charge is 2.15. The van der Waals surface area contributed by atoms with Crippen LogP contribution in [0.3, 0.4) is 0 Å². The van der Waals surface area contributed by atoms with E-state index in [4.69, 9.17) is 4.84 Å². The topological polar surface area (TPSA) is 21.6 Å². The van der Waals surface area contributed by atoms with Crippen molar-refractivity contribution in [3.63, 3.8) is 0 Å². The van der Waals surface area contributed by atoms with Gasteiger partial charge in [-0.15, -0.1) is 0 Å². The fraction of sp³-hybridized carbons (Fsp3) is 0.417. The van der Waals surface area contributed by atoms with Crippen molar-refractivity contribution in [2.24, 2.45) is 11.1 Å². The Morgan fingerprint density at radius 2 is 1.94 bits per heavy atom. The maximum absolute atomic E-state index is 12.8. The number of benzene rings is 1.